The van der Waals surface area contributed by atoms with Crippen molar-refractivity contribution in [3.05, 3.63) is 54.0 Å². The number of nitrogens with zero attached hydrogens (tertiary/aromatic N) is 3. The van der Waals surface area contributed by atoms with E-state index in [2.05, 4.69) is 65.1 Å². The first-order chi connectivity index (χ1) is 14.9. The van der Waals surface area contributed by atoms with E-state index in [1.54, 1.807) is 19.4 Å². The van der Waals surface area contributed by atoms with Crippen molar-refractivity contribution < 1.29 is 13.9 Å². The van der Waals surface area contributed by atoms with Crippen molar-refractivity contribution in [3.8, 4) is 11.4 Å². The number of methoxy groups -OCH3 is 1. The van der Waals surface area contributed by atoms with Gasteiger partial charge in [0.1, 0.15) is 5.76 Å². The quantitative estimate of drug-likeness (QED) is 0.373. The average Bonchev–Trinajstić information content (AvgIpc) is 3.40. The Balaban J connectivity index is 1.71. The first-order valence-electron chi connectivity index (χ1n) is 10.3. The van der Waals surface area contributed by atoms with Gasteiger partial charge in [0.25, 0.3) is 0 Å². The molecule has 0 unspecified atom stereocenters. The zero-order valence-electron chi connectivity index (χ0n) is 18.6. The zero-order chi connectivity index (χ0) is 22.3. The van der Waals surface area contributed by atoms with Crippen LogP contribution in [0.4, 0.5) is 0 Å². The number of hydrogen-bond donors (Lipinski definition) is 1. The van der Waals surface area contributed by atoms with Crippen molar-refractivity contribution in [1.82, 2.24) is 20.1 Å². The molecule has 3 aromatic rings. The molecule has 166 valence electrons. The molecule has 3 rings (SSSR count). The van der Waals surface area contributed by atoms with Crippen molar-refractivity contribution >= 4 is 17.7 Å². The van der Waals surface area contributed by atoms with Crippen molar-refractivity contribution in [3.63, 3.8) is 0 Å². The van der Waals surface area contributed by atoms with Crippen molar-refractivity contribution in [1.29, 1.82) is 0 Å². The van der Waals surface area contributed by atoms with Crippen LogP contribution >= 0.6 is 11.8 Å². The molecule has 0 aliphatic carbocycles. The molecule has 0 radical (unpaired) electrons. The van der Waals surface area contributed by atoms with Crippen LogP contribution < -0.4 is 5.32 Å². The number of nitrogens with one attached hydrogen (secondary N) is 1. The van der Waals surface area contributed by atoms with Gasteiger partial charge in [-0.2, -0.15) is 0 Å². The summed E-state index contributed by atoms with van der Waals surface area (Å²) in [7, 11) is 1.69. The van der Waals surface area contributed by atoms with E-state index in [-0.39, 0.29) is 17.1 Å². The fourth-order valence-corrected chi connectivity index (χ4v) is 3.87. The molecule has 0 saturated heterocycles. The Morgan fingerprint density at radius 2 is 1.97 bits per heavy atom. The van der Waals surface area contributed by atoms with Crippen LogP contribution in [0.2, 0.25) is 0 Å². The monoisotopic (exact) mass is 442 g/mol. The zero-order valence-corrected chi connectivity index (χ0v) is 19.4. The van der Waals surface area contributed by atoms with Gasteiger partial charge in [-0.05, 0) is 29.5 Å². The molecule has 8 heteroatoms. The number of thioether (sulfide) groups is 1. The molecular formula is C23H30N4O3S. The maximum Gasteiger partial charge on any atom is 0.230 e. The van der Waals surface area contributed by atoms with Gasteiger partial charge < -0.3 is 19.0 Å². The summed E-state index contributed by atoms with van der Waals surface area (Å²) in [6, 6.07) is 12.1. The molecule has 0 bridgehead atoms. The second kappa shape index (κ2) is 10.6. The van der Waals surface area contributed by atoms with E-state index in [1.165, 1.54) is 17.3 Å². The van der Waals surface area contributed by atoms with Gasteiger partial charge in [0.15, 0.2) is 11.0 Å². The molecule has 0 atom stereocenters. The van der Waals surface area contributed by atoms with Crippen LogP contribution in [0.1, 0.15) is 38.5 Å². The van der Waals surface area contributed by atoms with Crippen LogP contribution in [0.25, 0.3) is 11.4 Å². The molecule has 1 aromatic carbocycles. The van der Waals surface area contributed by atoms with Gasteiger partial charge in [0.05, 0.1) is 18.6 Å². The van der Waals surface area contributed by atoms with E-state index in [0.29, 0.717) is 19.7 Å². The number of carbonyl (C=O) groups is 1. The van der Waals surface area contributed by atoms with Gasteiger partial charge in [-0.25, -0.2) is 0 Å². The third kappa shape index (κ3) is 6.45. The summed E-state index contributed by atoms with van der Waals surface area (Å²) in [4.78, 5) is 12.2. The fraction of sp³-hybridized carbons (Fsp3) is 0.435. The lowest BCUT2D eigenvalue weighted by Crippen LogP contribution is -2.24. The van der Waals surface area contributed by atoms with E-state index < -0.39 is 0 Å². The number of amides is 1. The van der Waals surface area contributed by atoms with Crippen LogP contribution in [0.3, 0.4) is 0 Å². The summed E-state index contributed by atoms with van der Waals surface area (Å²) in [5, 5.41) is 12.4. The highest BCUT2D eigenvalue weighted by atomic mass is 32.2. The maximum atomic E-state index is 12.2. The highest BCUT2D eigenvalue weighted by Crippen LogP contribution is 2.28. The standard InChI is InChI=1S/C23H30N4O3S/c1-23(2,3)18-10-8-17(9-11-18)21-25-26-22(27(21)12-6-13-29-4)31-16-20(28)24-15-19-7-5-14-30-19/h5,7-11,14H,6,12-13,15-16H2,1-4H3,(H,24,28). The van der Waals surface area contributed by atoms with Crippen LogP contribution in [0, 0.1) is 0 Å². The van der Waals surface area contributed by atoms with E-state index >= 15 is 0 Å². The lowest BCUT2D eigenvalue weighted by molar-refractivity contribution is -0.118. The van der Waals surface area contributed by atoms with Gasteiger partial charge in [-0.3, -0.25) is 4.79 Å². The normalized spacial score (nSPS) is 11.6. The number of hydrogen-bond acceptors (Lipinski definition) is 6. The SMILES string of the molecule is COCCCn1c(SCC(=O)NCc2ccco2)nnc1-c1ccc(C(C)(C)C)cc1. The molecule has 0 fully saturated rings. The minimum absolute atomic E-state index is 0.0797. The highest BCUT2D eigenvalue weighted by Gasteiger charge is 2.18. The number of aromatic nitrogens is 3. The highest BCUT2D eigenvalue weighted by molar-refractivity contribution is 7.99. The Kier molecular flexibility index (Phi) is 7.92. The second-order valence-electron chi connectivity index (χ2n) is 8.28. The van der Waals surface area contributed by atoms with Crippen molar-refractivity contribution in [2.75, 3.05) is 19.5 Å². The largest absolute Gasteiger partial charge is 0.467 e. The predicted molar refractivity (Wildman–Crippen MR) is 122 cm³/mol. The van der Waals surface area contributed by atoms with Crippen LogP contribution in [-0.2, 0) is 28.0 Å². The van der Waals surface area contributed by atoms with E-state index in [1.807, 2.05) is 6.07 Å². The van der Waals surface area contributed by atoms with Gasteiger partial charge in [0, 0.05) is 25.8 Å². The molecule has 31 heavy (non-hydrogen) atoms. The molecule has 7 nitrogen and oxygen atoms in total. The number of ether oxygens (including phenoxy) is 1. The Labute approximate surface area is 187 Å². The summed E-state index contributed by atoms with van der Waals surface area (Å²) in [5.74, 6) is 1.70. The van der Waals surface area contributed by atoms with Crippen molar-refractivity contribution in [2.45, 2.75) is 50.9 Å². The third-order valence-electron chi connectivity index (χ3n) is 4.83. The van der Waals surface area contributed by atoms with E-state index in [9.17, 15) is 4.79 Å². The first kappa shape index (κ1) is 23.1. The number of rotatable bonds is 10. The van der Waals surface area contributed by atoms with Crippen LogP contribution in [-0.4, -0.2) is 40.1 Å². The molecule has 1 N–H and O–H groups in total. The Hall–Kier alpha value is -2.58. The van der Waals surface area contributed by atoms with Crippen LogP contribution in [0.5, 0.6) is 0 Å². The van der Waals surface area contributed by atoms with E-state index in [0.717, 1.165) is 28.7 Å². The molecule has 0 saturated carbocycles. The Morgan fingerprint density at radius 1 is 1.19 bits per heavy atom. The lowest BCUT2D eigenvalue weighted by Gasteiger charge is -2.19. The third-order valence-corrected chi connectivity index (χ3v) is 5.80. The summed E-state index contributed by atoms with van der Waals surface area (Å²) in [6.07, 6.45) is 2.42. The minimum Gasteiger partial charge on any atom is -0.467 e. The molecule has 0 aliphatic heterocycles. The van der Waals surface area contributed by atoms with Gasteiger partial charge >= 0.3 is 0 Å². The average molecular weight is 443 g/mol. The summed E-state index contributed by atoms with van der Waals surface area (Å²) in [5.41, 5.74) is 2.37. The van der Waals surface area contributed by atoms with Gasteiger partial charge in [-0.1, -0.05) is 56.8 Å². The maximum absolute atomic E-state index is 12.2. The molecule has 2 aromatic heterocycles. The Bertz CT molecular complexity index is 960. The molecule has 2 heterocycles. The first-order valence-corrected chi connectivity index (χ1v) is 11.3. The summed E-state index contributed by atoms with van der Waals surface area (Å²) < 4.78 is 12.5. The number of furan rings is 1. The molecule has 0 spiro atoms. The predicted octanol–water partition coefficient (Wildman–Crippen LogP) is 4.28. The van der Waals surface area contributed by atoms with E-state index in [4.69, 9.17) is 9.15 Å². The van der Waals surface area contributed by atoms with Crippen LogP contribution in [0.15, 0.2) is 52.2 Å². The van der Waals surface area contributed by atoms with Gasteiger partial charge in [0.2, 0.25) is 5.91 Å². The summed E-state index contributed by atoms with van der Waals surface area (Å²) in [6.45, 7) is 8.32. The van der Waals surface area contributed by atoms with Crippen molar-refractivity contribution in [2.24, 2.45) is 0 Å². The number of carbonyl (C=O) groups excluding carboxylic acids is 1. The topological polar surface area (TPSA) is 82.2 Å². The molecule has 0 aliphatic rings. The lowest BCUT2D eigenvalue weighted by atomic mass is 9.87. The molecule has 1 amide bonds. The summed E-state index contributed by atoms with van der Waals surface area (Å²) >= 11 is 1.38. The smallest absolute Gasteiger partial charge is 0.230 e. The number of benzene rings is 1. The molecular weight excluding hydrogens is 412 g/mol. The second-order valence-corrected chi connectivity index (χ2v) is 9.22. The minimum atomic E-state index is -0.0797. The van der Waals surface area contributed by atoms with Gasteiger partial charge in [-0.15, -0.1) is 10.2 Å². The fourth-order valence-electron chi connectivity index (χ4n) is 3.08. The Morgan fingerprint density at radius 3 is 2.61 bits per heavy atom.